The van der Waals surface area contributed by atoms with Crippen LogP contribution in [-0.4, -0.2) is 42.4 Å². The van der Waals surface area contributed by atoms with E-state index < -0.39 is 57.2 Å². The molecular formula is C25H18BrF4N7O5. The number of alkyl halides is 4. The second-order valence-electron chi connectivity index (χ2n) is 8.43. The second-order valence-corrected chi connectivity index (χ2v) is 8.99. The molecule has 0 aliphatic rings. The number of hydrogen-bond donors (Lipinski definition) is 1. The highest BCUT2D eigenvalue weighted by Crippen LogP contribution is 2.33. The number of nitrogens with two attached hydrogens (primary N) is 1. The molecular weight excluding hydrogens is 634 g/mol. The van der Waals surface area contributed by atoms with Gasteiger partial charge in [-0.05, 0) is 30.3 Å². The van der Waals surface area contributed by atoms with Gasteiger partial charge in [-0.25, -0.2) is 13.8 Å². The van der Waals surface area contributed by atoms with E-state index in [9.17, 15) is 37.3 Å². The van der Waals surface area contributed by atoms with E-state index in [-0.39, 0.29) is 34.1 Å². The smallest absolute Gasteiger partial charge is 0.416 e. The van der Waals surface area contributed by atoms with E-state index in [2.05, 4.69) is 31.1 Å². The van der Waals surface area contributed by atoms with Gasteiger partial charge >= 0.3 is 11.9 Å². The summed E-state index contributed by atoms with van der Waals surface area (Å²) in [6.07, 6.45) is -4.98. The minimum absolute atomic E-state index is 0.0323. The van der Waals surface area contributed by atoms with Gasteiger partial charge in [0.15, 0.2) is 5.82 Å². The average Bonchev–Trinajstić information content (AvgIpc) is 2.95. The number of methoxy groups -OCH3 is 1. The van der Waals surface area contributed by atoms with Crippen LogP contribution in [0.4, 0.5) is 34.8 Å². The monoisotopic (exact) mass is 651 g/mol. The Hall–Kier alpha value is -4.93. The molecule has 0 fully saturated rings. The first-order chi connectivity index (χ1) is 19.9. The number of benzene rings is 2. The Morgan fingerprint density at radius 2 is 1.81 bits per heavy atom. The average molecular weight is 652 g/mol. The van der Waals surface area contributed by atoms with Crippen LogP contribution in [0.3, 0.4) is 0 Å². The highest BCUT2D eigenvalue weighted by Gasteiger charge is 2.35. The predicted molar refractivity (Wildman–Crippen MR) is 146 cm³/mol. The maximum Gasteiger partial charge on any atom is 0.416 e. The minimum Gasteiger partial charge on any atom is -0.480 e. The van der Waals surface area contributed by atoms with Crippen molar-refractivity contribution in [1.29, 1.82) is 0 Å². The number of hydrogen-bond acceptors (Lipinski definition) is 9. The van der Waals surface area contributed by atoms with E-state index in [0.29, 0.717) is 15.2 Å². The van der Waals surface area contributed by atoms with E-state index in [1.165, 1.54) is 31.4 Å². The summed E-state index contributed by atoms with van der Waals surface area (Å²) in [6.45, 7) is -1.02. The highest BCUT2D eigenvalue weighted by molar-refractivity contribution is 9.09. The van der Waals surface area contributed by atoms with Crippen LogP contribution >= 0.6 is 15.9 Å². The zero-order chi connectivity index (χ0) is 30.8. The Balaban J connectivity index is 2.02. The lowest BCUT2D eigenvalue weighted by atomic mass is 10.1. The van der Waals surface area contributed by atoms with Gasteiger partial charge in [0.05, 0.1) is 35.5 Å². The molecule has 12 nitrogen and oxygen atoms in total. The predicted octanol–water partition coefficient (Wildman–Crippen LogP) is 4.01. The van der Waals surface area contributed by atoms with Crippen molar-refractivity contribution >= 4 is 38.8 Å². The lowest BCUT2D eigenvalue weighted by Gasteiger charge is -2.19. The van der Waals surface area contributed by atoms with Crippen LogP contribution in [0, 0.1) is 15.9 Å². The molecule has 0 atom stereocenters. The molecule has 0 unspecified atom stereocenters. The summed E-state index contributed by atoms with van der Waals surface area (Å²) in [5.74, 6) is -2.18. The summed E-state index contributed by atoms with van der Waals surface area (Å²) in [5, 5.41) is 18.4. The molecule has 0 aliphatic heterocycles. The normalized spacial score (nSPS) is 11.9. The molecule has 218 valence electrons. The van der Waals surface area contributed by atoms with Crippen molar-refractivity contribution in [2.75, 3.05) is 18.2 Å². The van der Waals surface area contributed by atoms with E-state index in [4.69, 9.17) is 10.5 Å². The third kappa shape index (κ3) is 5.90. The number of ether oxygens (including phenoxy) is 1. The lowest BCUT2D eigenvalue weighted by molar-refractivity contribution is -0.384. The van der Waals surface area contributed by atoms with Crippen LogP contribution in [-0.2, 0) is 12.7 Å². The van der Waals surface area contributed by atoms with Crippen LogP contribution in [0.25, 0.3) is 5.82 Å². The van der Waals surface area contributed by atoms with Gasteiger partial charge in [0.2, 0.25) is 5.88 Å². The van der Waals surface area contributed by atoms with Crippen molar-refractivity contribution in [3.05, 3.63) is 108 Å². The molecule has 42 heavy (non-hydrogen) atoms. The fraction of sp³-hybridized carbons (Fsp3) is 0.160. The van der Waals surface area contributed by atoms with Crippen molar-refractivity contribution in [2.24, 2.45) is 4.99 Å². The molecule has 0 aliphatic carbocycles. The Morgan fingerprint density at radius 1 is 1.12 bits per heavy atom. The van der Waals surface area contributed by atoms with Crippen molar-refractivity contribution in [2.45, 2.75) is 12.7 Å². The zero-order valence-electron chi connectivity index (χ0n) is 21.3. The molecule has 2 N–H and O–H groups in total. The fourth-order valence-electron chi connectivity index (χ4n) is 3.93. The van der Waals surface area contributed by atoms with Gasteiger partial charge in [0, 0.05) is 29.1 Å². The summed E-state index contributed by atoms with van der Waals surface area (Å²) >= 11 is 3.19. The second kappa shape index (κ2) is 11.9. The van der Waals surface area contributed by atoms with Gasteiger partial charge in [-0.2, -0.15) is 13.2 Å². The van der Waals surface area contributed by atoms with E-state index >= 15 is 0 Å². The molecule has 0 radical (unpaired) electrons. The van der Waals surface area contributed by atoms with Crippen molar-refractivity contribution < 1.29 is 27.2 Å². The van der Waals surface area contributed by atoms with Crippen LogP contribution in [0.2, 0.25) is 0 Å². The number of nitrogen functional groups attached to an aromatic ring is 1. The van der Waals surface area contributed by atoms with Gasteiger partial charge in [-0.15, -0.1) is 10.2 Å². The molecule has 0 spiro atoms. The topological polar surface area (TPSA) is 161 Å². The number of nitro groups is 1. The number of nitro benzene ring substituents is 1. The number of nitrogens with zero attached hydrogens (tertiary/aromatic N) is 6. The van der Waals surface area contributed by atoms with Crippen LogP contribution in [0.15, 0.2) is 69.2 Å². The third-order valence-electron chi connectivity index (χ3n) is 5.93. The van der Waals surface area contributed by atoms with Crippen LogP contribution in [0.5, 0.6) is 5.88 Å². The maximum absolute atomic E-state index is 14.8. The summed E-state index contributed by atoms with van der Waals surface area (Å²) < 4.78 is 62.1. The molecule has 0 amide bonds. The van der Waals surface area contributed by atoms with E-state index in [1.54, 1.807) is 0 Å². The number of aromatic nitrogens is 4. The molecule has 2 aromatic heterocycles. The minimum atomic E-state index is -4.98. The summed E-state index contributed by atoms with van der Waals surface area (Å²) in [5.41, 5.74) is 1.09. The van der Waals surface area contributed by atoms with Gasteiger partial charge in [0.25, 0.3) is 11.2 Å². The van der Waals surface area contributed by atoms with E-state index in [1.807, 2.05) is 0 Å². The van der Waals surface area contributed by atoms with Crippen molar-refractivity contribution in [1.82, 2.24) is 19.3 Å². The number of non-ortho nitro benzene ring substituents is 1. The van der Waals surface area contributed by atoms with Crippen LogP contribution < -0.4 is 21.7 Å². The first kappa shape index (κ1) is 30.0. The van der Waals surface area contributed by atoms with E-state index in [0.717, 1.165) is 24.3 Å². The molecule has 2 heterocycles. The third-order valence-corrected chi connectivity index (χ3v) is 6.46. The van der Waals surface area contributed by atoms with Gasteiger partial charge < -0.3 is 10.5 Å². The molecule has 0 saturated carbocycles. The largest absolute Gasteiger partial charge is 0.480 e. The van der Waals surface area contributed by atoms with Gasteiger partial charge in [0.1, 0.15) is 17.2 Å². The van der Waals surface area contributed by atoms with Crippen LogP contribution in [0.1, 0.15) is 16.7 Å². The van der Waals surface area contributed by atoms with Gasteiger partial charge in [-0.1, -0.05) is 22.0 Å². The summed E-state index contributed by atoms with van der Waals surface area (Å²) in [7, 11) is 1.30. The van der Waals surface area contributed by atoms with Crippen molar-refractivity contribution in [3.8, 4) is 11.7 Å². The first-order valence-corrected chi connectivity index (χ1v) is 12.8. The Labute approximate surface area is 241 Å². The standard InChI is InChI=1S/C25H18BrF4N7O5/c1-42-20-10-9-19(33-34-20)36-23(38)21(18(11-26)32-13-5-7-14(8-6-13)37(40)41)22(31)35(24(36)39)12-15-16(25(28,29)30)3-2-4-17(15)27/h2-10H,11-12,31H2,1H3. The maximum atomic E-state index is 14.8. The summed E-state index contributed by atoms with van der Waals surface area (Å²) in [6, 6.07) is 9.68. The lowest BCUT2D eigenvalue weighted by Crippen LogP contribution is -2.44. The fourth-order valence-corrected chi connectivity index (χ4v) is 4.34. The summed E-state index contributed by atoms with van der Waals surface area (Å²) in [4.78, 5) is 42.0. The Morgan fingerprint density at radius 3 is 2.36 bits per heavy atom. The molecule has 4 rings (SSSR count). The molecule has 17 heteroatoms. The van der Waals surface area contributed by atoms with Crippen molar-refractivity contribution in [3.63, 3.8) is 0 Å². The number of anilines is 1. The Kier molecular flexibility index (Phi) is 8.51. The zero-order valence-corrected chi connectivity index (χ0v) is 22.9. The number of halogens is 5. The number of rotatable bonds is 8. The SMILES string of the molecule is COc1ccc(-n2c(=O)c(C(CBr)=Nc3ccc([N+](=O)[O-])cc3)c(N)n(Cc3c(F)cccc3C(F)(F)F)c2=O)nn1. The first-order valence-electron chi connectivity index (χ1n) is 11.6. The molecule has 2 aromatic carbocycles. The van der Waals surface area contributed by atoms with Gasteiger partial charge in [-0.3, -0.25) is 24.5 Å². The highest BCUT2D eigenvalue weighted by atomic mass is 79.9. The molecule has 4 aromatic rings. The number of aliphatic imine (C=N–C) groups is 1. The quantitative estimate of drug-likeness (QED) is 0.0983. The molecule has 0 bridgehead atoms. The Bertz CT molecular complexity index is 1810. The molecule has 0 saturated heterocycles.